The quantitative estimate of drug-likeness (QED) is 0.637. The number of hydrogen-bond donors (Lipinski definition) is 1. The average molecular weight is 174 g/mol. The SMILES string of the molecule is COCCCNC1=NCCS1. The molecule has 0 bridgehead atoms. The Morgan fingerprint density at radius 1 is 1.73 bits per heavy atom. The lowest BCUT2D eigenvalue weighted by molar-refractivity contribution is 0.196. The Labute approximate surface area is 71.6 Å². The second-order valence-corrected chi connectivity index (χ2v) is 3.39. The number of rotatable bonds is 4. The number of thioether (sulfide) groups is 1. The molecular weight excluding hydrogens is 160 g/mol. The van der Waals surface area contributed by atoms with Crippen molar-refractivity contribution in [2.45, 2.75) is 6.42 Å². The van der Waals surface area contributed by atoms with Crippen molar-refractivity contribution < 1.29 is 4.74 Å². The highest BCUT2D eigenvalue weighted by Crippen LogP contribution is 2.08. The Balaban J connectivity index is 1.94. The Hall–Kier alpha value is -0.220. The molecule has 0 atom stereocenters. The molecule has 0 spiro atoms. The van der Waals surface area contributed by atoms with Crippen LogP contribution in [0.15, 0.2) is 4.99 Å². The second kappa shape index (κ2) is 5.43. The van der Waals surface area contributed by atoms with Gasteiger partial charge in [-0.2, -0.15) is 0 Å². The van der Waals surface area contributed by atoms with Gasteiger partial charge in [0.2, 0.25) is 0 Å². The minimum Gasteiger partial charge on any atom is -0.385 e. The van der Waals surface area contributed by atoms with Crippen molar-refractivity contribution in [1.29, 1.82) is 0 Å². The van der Waals surface area contributed by atoms with Crippen molar-refractivity contribution >= 4 is 16.9 Å². The summed E-state index contributed by atoms with van der Waals surface area (Å²) in [7, 11) is 1.72. The summed E-state index contributed by atoms with van der Waals surface area (Å²) in [5.74, 6) is 1.13. The number of nitrogens with one attached hydrogen (secondary N) is 1. The lowest BCUT2D eigenvalue weighted by atomic mass is 10.4. The van der Waals surface area contributed by atoms with Gasteiger partial charge in [0, 0.05) is 26.0 Å². The minimum atomic E-state index is 0.824. The Kier molecular flexibility index (Phi) is 4.38. The van der Waals surface area contributed by atoms with Gasteiger partial charge in [-0.25, -0.2) is 0 Å². The zero-order chi connectivity index (χ0) is 7.94. The number of methoxy groups -OCH3 is 1. The van der Waals surface area contributed by atoms with Gasteiger partial charge in [0.1, 0.15) is 0 Å². The molecule has 11 heavy (non-hydrogen) atoms. The van der Waals surface area contributed by atoms with Crippen molar-refractivity contribution in [3.8, 4) is 0 Å². The van der Waals surface area contributed by atoms with Crippen LogP contribution in [0.5, 0.6) is 0 Å². The molecule has 64 valence electrons. The van der Waals surface area contributed by atoms with E-state index in [2.05, 4.69) is 10.3 Å². The fourth-order valence-electron chi connectivity index (χ4n) is 0.854. The molecule has 0 aromatic carbocycles. The van der Waals surface area contributed by atoms with Crippen molar-refractivity contribution in [3.63, 3.8) is 0 Å². The largest absolute Gasteiger partial charge is 0.385 e. The zero-order valence-corrected chi connectivity index (χ0v) is 7.62. The zero-order valence-electron chi connectivity index (χ0n) is 6.80. The molecule has 0 saturated heterocycles. The maximum atomic E-state index is 4.92. The molecule has 0 aliphatic carbocycles. The normalized spacial score (nSPS) is 16.6. The van der Waals surface area contributed by atoms with E-state index in [9.17, 15) is 0 Å². The molecule has 1 rings (SSSR count). The molecule has 1 N–H and O–H groups in total. The molecule has 0 aromatic rings. The molecule has 3 nitrogen and oxygen atoms in total. The number of nitrogens with zero attached hydrogens (tertiary/aromatic N) is 1. The van der Waals surface area contributed by atoms with Crippen LogP contribution in [0.2, 0.25) is 0 Å². The molecule has 0 fully saturated rings. The third kappa shape index (κ3) is 3.62. The van der Waals surface area contributed by atoms with Crippen molar-refractivity contribution in [3.05, 3.63) is 0 Å². The maximum Gasteiger partial charge on any atom is 0.156 e. The topological polar surface area (TPSA) is 33.6 Å². The van der Waals surface area contributed by atoms with Crippen LogP contribution in [0.3, 0.4) is 0 Å². The fourth-order valence-corrected chi connectivity index (χ4v) is 1.62. The van der Waals surface area contributed by atoms with Crippen LogP contribution in [0.25, 0.3) is 0 Å². The highest BCUT2D eigenvalue weighted by molar-refractivity contribution is 8.14. The van der Waals surface area contributed by atoms with E-state index >= 15 is 0 Å². The predicted octanol–water partition coefficient (Wildman–Crippen LogP) is 0.715. The average Bonchev–Trinajstić information content (AvgIpc) is 2.50. The first-order valence-electron chi connectivity index (χ1n) is 3.83. The lowest BCUT2D eigenvalue weighted by Gasteiger charge is -2.03. The standard InChI is InChI=1S/C7H14N2OS/c1-10-5-2-3-8-7-9-4-6-11-7/h2-6H2,1H3,(H,8,9). The van der Waals surface area contributed by atoms with Crippen LogP contribution < -0.4 is 5.32 Å². The molecule has 4 heteroatoms. The maximum absolute atomic E-state index is 4.92. The molecular formula is C7H14N2OS. The second-order valence-electron chi connectivity index (χ2n) is 2.31. The number of aliphatic imine (C=N–C) groups is 1. The van der Waals surface area contributed by atoms with Crippen LogP contribution >= 0.6 is 11.8 Å². The first-order chi connectivity index (χ1) is 5.43. The Morgan fingerprint density at radius 3 is 3.27 bits per heavy atom. The van der Waals surface area contributed by atoms with Gasteiger partial charge in [-0.1, -0.05) is 11.8 Å². The minimum absolute atomic E-state index is 0.824. The van der Waals surface area contributed by atoms with E-state index in [0.717, 1.165) is 37.0 Å². The van der Waals surface area contributed by atoms with Gasteiger partial charge in [-0.15, -0.1) is 0 Å². The number of amidine groups is 1. The summed E-state index contributed by atoms with van der Waals surface area (Å²) < 4.78 is 4.92. The Morgan fingerprint density at radius 2 is 2.64 bits per heavy atom. The Bertz CT molecular complexity index is 138. The molecule has 0 unspecified atom stereocenters. The van der Waals surface area contributed by atoms with Crippen molar-refractivity contribution in [2.24, 2.45) is 4.99 Å². The lowest BCUT2D eigenvalue weighted by Crippen LogP contribution is -2.21. The van der Waals surface area contributed by atoms with Gasteiger partial charge >= 0.3 is 0 Å². The van der Waals surface area contributed by atoms with E-state index in [4.69, 9.17) is 4.74 Å². The van der Waals surface area contributed by atoms with Gasteiger partial charge in [0.25, 0.3) is 0 Å². The van der Waals surface area contributed by atoms with Crippen molar-refractivity contribution in [1.82, 2.24) is 5.32 Å². The van der Waals surface area contributed by atoms with Crippen LogP contribution in [0.4, 0.5) is 0 Å². The van der Waals surface area contributed by atoms with Gasteiger partial charge < -0.3 is 10.1 Å². The van der Waals surface area contributed by atoms with Crippen molar-refractivity contribution in [2.75, 3.05) is 32.6 Å². The molecule has 1 aliphatic rings. The number of hydrogen-bond acceptors (Lipinski definition) is 4. The van der Waals surface area contributed by atoms with Gasteiger partial charge in [0.05, 0.1) is 6.54 Å². The van der Waals surface area contributed by atoms with Gasteiger partial charge in [-0.3, -0.25) is 4.99 Å². The fraction of sp³-hybridized carbons (Fsp3) is 0.857. The first-order valence-corrected chi connectivity index (χ1v) is 4.82. The molecule has 1 heterocycles. The highest BCUT2D eigenvalue weighted by Gasteiger charge is 2.04. The first kappa shape index (κ1) is 8.87. The van der Waals surface area contributed by atoms with Crippen LogP contribution in [0, 0.1) is 0 Å². The van der Waals surface area contributed by atoms with Crippen LogP contribution in [0.1, 0.15) is 6.42 Å². The van der Waals surface area contributed by atoms with E-state index in [1.165, 1.54) is 0 Å². The number of ether oxygens (including phenoxy) is 1. The van der Waals surface area contributed by atoms with E-state index in [1.54, 1.807) is 18.9 Å². The summed E-state index contributed by atoms with van der Waals surface area (Å²) in [6, 6.07) is 0. The molecule has 0 aromatic heterocycles. The summed E-state index contributed by atoms with van der Waals surface area (Å²) in [6.45, 7) is 2.77. The predicted molar refractivity (Wildman–Crippen MR) is 49.3 cm³/mol. The van der Waals surface area contributed by atoms with E-state index in [0.29, 0.717) is 0 Å². The third-order valence-corrected chi connectivity index (χ3v) is 2.32. The molecule has 0 saturated carbocycles. The van der Waals surface area contributed by atoms with E-state index in [-0.39, 0.29) is 0 Å². The molecule has 1 aliphatic heterocycles. The van der Waals surface area contributed by atoms with E-state index in [1.807, 2.05) is 0 Å². The van der Waals surface area contributed by atoms with Crippen LogP contribution in [-0.4, -0.2) is 37.7 Å². The van der Waals surface area contributed by atoms with E-state index < -0.39 is 0 Å². The summed E-state index contributed by atoms with van der Waals surface area (Å²) in [4.78, 5) is 4.26. The summed E-state index contributed by atoms with van der Waals surface area (Å²) in [6.07, 6.45) is 1.05. The monoisotopic (exact) mass is 174 g/mol. The summed E-state index contributed by atoms with van der Waals surface area (Å²) >= 11 is 1.80. The van der Waals surface area contributed by atoms with Gasteiger partial charge in [0.15, 0.2) is 5.17 Å². The van der Waals surface area contributed by atoms with Gasteiger partial charge in [-0.05, 0) is 6.42 Å². The third-order valence-electron chi connectivity index (χ3n) is 1.39. The van der Waals surface area contributed by atoms with Crippen LogP contribution in [-0.2, 0) is 4.74 Å². The smallest absolute Gasteiger partial charge is 0.156 e. The summed E-state index contributed by atoms with van der Waals surface area (Å²) in [5.41, 5.74) is 0. The molecule has 0 radical (unpaired) electrons. The summed E-state index contributed by atoms with van der Waals surface area (Å²) in [5, 5.41) is 4.35. The molecule has 0 amide bonds. The highest BCUT2D eigenvalue weighted by atomic mass is 32.2.